The lowest BCUT2D eigenvalue weighted by atomic mass is 10.2. The van der Waals surface area contributed by atoms with Crippen LogP contribution in [0.5, 0.6) is 11.5 Å². The van der Waals surface area contributed by atoms with E-state index in [1.807, 2.05) is 0 Å². The first-order valence-electron chi connectivity index (χ1n) is 11.6. The van der Waals surface area contributed by atoms with Crippen LogP contribution in [0.1, 0.15) is 5.69 Å². The van der Waals surface area contributed by atoms with Crippen LogP contribution in [-0.2, 0) is 6.54 Å². The summed E-state index contributed by atoms with van der Waals surface area (Å²) in [6.07, 6.45) is 0. The number of hydrogen-bond donors (Lipinski definition) is 1. The quantitative estimate of drug-likeness (QED) is 0.413. The lowest BCUT2D eigenvalue weighted by Crippen LogP contribution is -2.49. The molecule has 3 heterocycles. The maximum Gasteiger partial charge on any atom is 0.321 e. The van der Waals surface area contributed by atoms with Crippen molar-refractivity contribution in [2.24, 2.45) is 0 Å². The van der Waals surface area contributed by atoms with Gasteiger partial charge in [0.2, 0.25) is 4.96 Å². The molecule has 0 bridgehead atoms. The maximum atomic E-state index is 13.6. The summed E-state index contributed by atoms with van der Waals surface area (Å²) in [5, 5.41) is 7.73. The lowest BCUT2D eigenvalue weighted by molar-refractivity contribution is 0.142. The molecule has 1 aliphatic heterocycles. The average Bonchev–Trinajstić information content (AvgIpc) is 3.34. The summed E-state index contributed by atoms with van der Waals surface area (Å²) in [5.41, 5.74) is 1.52. The van der Waals surface area contributed by atoms with Crippen molar-refractivity contribution in [2.75, 3.05) is 45.7 Å². The molecule has 0 atom stereocenters. The fourth-order valence-corrected chi connectivity index (χ4v) is 5.02. The fourth-order valence-electron chi connectivity index (χ4n) is 4.10. The van der Waals surface area contributed by atoms with Crippen molar-refractivity contribution in [3.63, 3.8) is 0 Å². The van der Waals surface area contributed by atoms with Crippen molar-refractivity contribution in [2.45, 2.75) is 6.54 Å². The fraction of sp³-hybridized carbons (Fsp3) is 0.280. The smallest absolute Gasteiger partial charge is 0.321 e. The maximum absolute atomic E-state index is 13.6. The van der Waals surface area contributed by atoms with Gasteiger partial charge in [0.15, 0.2) is 0 Å². The molecule has 192 valence electrons. The molecule has 12 heteroatoms. The molecule has 2 amide bonds. The van der Waals surface area contributed by atoms with E-state index in [9.17, 15) is 14.0 Å². The van der Waals surface area contributed by atoms with Crippen LogP contribution in [0.25, 0.3) is 15.5 Å². The van der Waals surface area contributed by atoms with Gasteiger partial charge in [-0.3, -0.25) is 9.69 Å². The standard InChI is InChI=1S/C25H25FN6O4S/c1-35-20-11-18(12-21(14-20)36-2)27-24(34)31-8-6-30(7-9-31)15-19-13-22(33)32-25(28-19)37-23(29-32)16-4-3-5-17(26)10-16/h3-5,10-14H,6-9,15H2,1-2H3,(H,27,34). The Balaban J connectivity index is 1.22. The number of urea groups is 1. The number of hydrogen-bond acceptors (Lipinski definition) is 8. The van der Waals surface area contributed by atoms with E-state index in [2.05, 4.69) is 20.3 Å². The number of rotatable bonds is 6. The summed E-state index contributed by atoms with van der Waals surface area (Å²) < 4.78 is 25.4. The molecule has 2 aromatic carbocycles. The largest absolute Gasteiger partial charge is 0.497 e. The first-order valence-corrected chi connectivity index (χ1v) is 12.4. The van der Waals surface area contributed by atoms with E-state index in [0.29, 0.717) is 71.1 Å². The molecular weight excluding hydrogens is 499 g/mol. The van der Waals surface area contributed by atoms with E-state index >= 15 is 0 Å². The van der Waals surface area contributed by atoms with Crippen LogP contribution < -0.4 is 20.3 Å². The second kappa shape index (κ2) is 10.5. The summed E-state index contributed by atoms with van der Waals surface area (Å²) in [7, 11) is 3.11. The average molecular weight is 525 g/mol. The van der Waals surface area contributed by atoms with E-state index in [-0.39, 0.29) is 17.4 Å². The molecule has 37 heavy (non-hydrogen) atoms. The number of methoxy groups -OCH3 is 2. The number of benzene rings is 2. The number of aromatic nitrogens is 3. The van der Waals surface area contributed by atoms with Crippen molar-refractivity contribution in [1.29, 1.82) is 0 Å². The monoisotopic (exact) mass is 524 g/mol. The van der Waals surface area contributed by atoms with Gasteiger partial charge in [0.25, 0.3) is 5.56 Å². The molecule has 1 fully saturated rings. The first kappa shape index (κ1) is 24.7. The zero-order chi connectivity index (χ0) is 25.9. The van der Waals surface area contributed by atoms with Crippen LogP contribution in [-0.4, -0.2) is 70.8 Å². The van der Waals surface area contributed by atoms with Gasteiger partial charge in [-0.2, -0.15) is 9.61 Å². The third-order valence-electron chi connectivity index (χ3n) is 6.02. The lowest BCUT2D eigenvalue weighted by Gasteiger charge is -2.34. The second-order valence-electron chi connectivity index (χ2n) is 8.49. The van der Waals surface area contributed by atoms with Gasteiger partial charge in [-0.05, 0) is 12.1 Å². The number of piperazine rings is 1. The first-order chi connectivity index (χ1) is 17.9. The van der Waals surface area contributed by atoms with Gasteiger partial charge in [-0.15, -0.1) is 0 Å². The number of anilines is 1. The summed E-state index contributed by atoms with van der Waals surface area (Å²) in [4.78, 5) is 34.4. The van der Waals surface area contributed by atoms with E-state index in [0.717, 1.165) is 0 Å². The SMILES string of the molecule is COc1cc(NC(=O)N2CCN(Cc3cc(=O)n4nc(-c5cccc(F)c5)sc4n3)CC2)cc(OC)c1. The minimum absolute atomic E-state index is 0.206. The Bertz CT molecular complexity index is 1480. The number of carbonyl (C=O) groups excluding carboxylic acids is 1. The summed E-state index contributed by atoms with van der Waals surface area (Å²) in [6, 6.07) is 12.5. The van der Waals surface area contributed by atoms with Gasteiger partial charge in [0.05, 0.1) is 19.9 Å². The van der Waals surface area contributed by atoms with E-state index in [1.165, 1.54) is 34.1 Å². The van der Waals surface area contributed by atoms with Crippen molar-refractivity contribution in [1.82, 2.24) is 24.4 Å². The number of carbonyl (C=O) groups is 1. The molecule has 0 radical (unpaired) electrons. The normalized spacial score (nSPS) is 14.1. The van der Waals surface area contributed by atoms with Gasteiger partial charge >= 0.3 is 6.03 Å². The van der Waals surface area contributed by atoms with Gasteiger partial charge in [-0.25, -0.2) is 14.2 Å². The van der Waals surface area contributed by atoms with Crippen LogP contribution in [0.2, 0.25) is 0 Å². The number of fused-ring (bicyclic) bond motifs is 1. The van der Waals surface area contributed by atoms with Crippen LogP contribution >= 0.6 is 11.3 Å². The molecule has 5 rings (SSSR count). The Morgan fingerprint density at radius 1 is 1.05 bits per heavy atom. The third kappa shape index (κ3) is 5.54. The van der Waals surface area contributed by atoms with Gasteiger partial charge in [-0.1, -0.05) is 23.5 Å². The third-order valence-corrected chi connectivity index (χ3v) is 6.97. The Kier molecular flexibility index (Phi) is 7.01. The number of halogens is 1. The number of ether oxygens (including phenoxy) is 2. The van der Waals surface area contributed by atoms with Crippen LogP contribution in [0.4, 0.5) is 14.9 Å². The van der Waals surface area contributed by atoms with Crippen molar-refractivity contribution in [3.05, 3.63) is 70.4 Å². The molecule has 1 saturated heterocycles. The molecule has 0 saturated carbocycles. The Morgan fingerprint density at radius 3 is 2.46 bits per heavy atom. The van der Waals surface area contributed by atoms with E-state index in [4.69, 9.17) is 9.47 Å². The zero-order valence-electron chi connectivity index (χ0n) is 20.3. The highest BCUT2D eigenvalue weighted by Gasteiger charge is 2.22. The van der Waals surface area contributed by atoms with Crippen LogP contribution in [0.3, 0.4) is 0 Å². The topological polar surface area (TPSA) is 101 Å². The predicted octanol–water partition coefficient (Wildman–Crippen LogP) is 3.32. The van der Waals surface area contributed by atoms with Gasteiger partial charge in [0.1, 0.15) is 22.3 Å². The molecule has 0 aliphatic carbocycles. The summed E-state index contributed by atoms with van der Waals surface area (Å²) in [6.45, 7) is 2.79. The molecule has 10 nitrogen and oxygen atoms in total. The molecule has 4 aromatic rings. The van der Waals surface area contributed by atoms with Crippen molar-refractivity contribution >= 4 is 28.0 Å². The molecule has 0 unspecified atom stereocenters. The van der Waals surface area contributed by atoms with Crippen LogP contribution in [0.15, 0.2) is 53.3 Å². The number of nitrogens with zero attached hydrogens (tertiary/aromatic N) is 5. The Hall–Kier alpha value is -4.03. The zero-order valence-corrected chi connectivity index (χ0v) is 21.1. The summed E-state index contributed by atoms with van der Waals surface area (Å²) in [5.74, 6) is 0.807. The molecule has 1 N–H and O–H groups in total. The summed E-state index contributed by atoms with van der Waals surface area (Å²) >= 11 is 1.24. The van der Waals surface area contributed by atoms with Crippen molar-refractivity contribution in [3.8, 4) is 22.1 Å². The molecular formula is C25H25FN6O4S. The Morgan fingerprint density at radius 2 is 1.78 bits per heavy atom. The highest BCUT2D eigenvalue weighted by Crippen LogP contribution is 2.27. The highest BCUT2D eigenvalue weighted by atomic mass is 32.1. The molecule has 0 spiro atoms. The minimum Gasteiger partial charge on any atom is -0.497 e. The van der Waals surface area contributed by atoms with Gasteiger partial charge < -0.3 is 19.7 Å². The van der Waals surface area contributed by atoms with Gasteiger partial charge in [0, 0.05) is 68.2 Å². The molecule has 2 aromatic heterocycles. The Labute approximate surface area is 215 Å². The number of nitrogens with one attached hydrogen (secondary N) is 1. The minimum atomic E-state index is -0.367. The molecule has 1 aliphatic rings. The predicted molar refractivity (Wildman–Crippen MR) is 138 cm³/mol. The highest BCUT2D eigenvalue weighted by molar-refractivity contribution is 7.19. The van der Waals surface area contributed by atoms with E-state index in [1.54, 1.807) is 49.5 Å². The van der Waals surface area contributed by atoms with Crippen molar-refractivity contribution < 1.29 is 18.7 Å². The van der Waals surface area contributed by atoms with Crippen LogP contribution in [0, 0.1) is 5.82 Å². The second-order valence-corrected chi connectivity index (χ2v) is 9.45. The van der Waals surface area contributed by atoms with E-state index < -0.39 is 0 Å². The number of amides is 2.